The molecule has 1 fully saturated rings. The first-order valence-electron chi connectivity index (χ1n) is 9.72. The molecule has 1 aliphatic carbocycles. The second-order valence-corrected chi connectivity index (χ2v) is 7.81. The van der Waals surface area contributed by atoms with Crippen LogP contribution in [0.15, 0.2) is 54.6 Å². The number of benzene rings is 2. The van der Waals surface area contributed by atoms with Crippen LogP contribution in [0.25, 0.3) is 0 Å². The Hall–Kier alpha value is -1.64. The Kier molecular flexibility index (Phi) is 6.28. The van der Waals surface area contributed by atoms with Gasteiger partial charge in [0.05, 0.1) is 0 Å². The molecule has 2 nitrogen and oxygen atoms in total. The standard InChI is InChI=1S/C23H32N2/c1-18(2)25(16-20-7-5-4-6-8-20)17-21-9-11-22(12-10-21)19(3)15-24-23-13-14-23/h4-12,18-19,23-24H,13-17H2,1-3H3. The van der Waals surface area contributed by atoms with Crippen LogP contribution >= 0.6 is 0 Å². The highest BCUT2D eigenvalue weighted by atomic mass is 15.1. The molecule has 2 aromatic rings. The summed E-state index contributed by atoms with van der Waals surface area (Å²) in [6, 6.07) is 21.3. The minimum atomic E-state index is 0.529. The van der Waals surface area contributed by atoms with Crippen molar-refractivity contribution in [3.8, 4) is 0 Å². The van der Waals surface area contributed by atoms with Gasteiger partial charge in [0.1, 0.15) is 0 Å². The zero-order valence-corrected chi connectivity index (χ0v) is 15.9. The van der Waals surface area contributed by atoms with E-state index in [0.717, 1.165) is 25.7 Å². The van der Waals surface area contributed by atoms with E-state index >= 15 is 0 Å². The van der Waals surface area contributed by atoms with E-state index in [1.165, 1.54) is 29.5 Å². The molecule has 2 aromatic carbocycles. The molecule has 1 saturated carbocycles. The first-order valence-corrected chi connectivity index (χ1v) is 9.72. The van der Waals surface area contributed by atoms with E-state index in [-0.39, 0.29) is 0 Å². The van der Waals surface area contributed by atoms with Crippen molar-refractivity contribution in [1.82, 2.24) is 10.2 Å². The molecule has 0 aromatic heterocycles. The van der Waals surface area contributed by atoms with Gasteiger partial charge in [-0.3, -0.25) is 4.90 Å². The van der Waals surface area contributed by atoms with Crippen LogP contribution in [0.4, 0.5) is 0 Å². The fourth-order valence-corrected chi connectivity index (χ4v) is 3.17. The molecule has 1 atom stereocenters. The molecule has 0 spiro atoms. The Labute approximate surface area is 153 Å². The Morgan fingerprint density at radius 3 is 2.04 bits per heavy atom. The third kappa shape index (κ3) is 5.69. The molecule has 0 aliphatic heterocycles. The van der Waals surface area contributed by atoms with Gasteiger partial charge in [0.2, 0.25) is 0 Å². The lowest BCUT2D eigenvalue weighted by molar-refractivity contribution is 0.203. The van der Waals surface area contributed by atoms with Crippen LogP contribution < -0.4 is 5.32 Å². The van der Waals surface area contributed by atoms with E-state index < -0.39 is 0 Å². The van der Waals surface area contributed by atoms with Gasteiger partial charge < -0.3 is 5.32 Å². The average Bonchev–Trinajstić information content (AvgIpc) is 3.45. The third-order valence-electron chi connectivity index (χ3n) is 5.18. The first kappa shape index (κ1) is 18.2. The van der Waals surface area contributed by atoms with Gasteiger partial charge in [-0.25, -0.2) is 0 Å². The second-order valence-electron chi connectivity index (χ2n) is 7.81. The van der Waals surface area contributed by atoms with E-state index in [1.807, 2.05) is 0 Å². The minimum Gasteiger partial charge on any atom is -0.313 e. The predicted molar refractivity (Wildman–Crippen MR) is 107 cm³/mol. The fourth-order valence-electron chi connectivity index (χ4n) is 3.17. The topological polar surface area (TPSA) is 15.3 Å². The van der Waals surface area contributed by atoms with Crippen molar-refractivity contribution >= 4 is 0 Å². The van der Waals surface area contributed by atoms with Crippen molar-refractivity contribution in [2.45, 2.75) is 64.7 Å². The van der Waals surface area contributed by atoms with Crippen molar-refractivity contribution in [3.63, 3.8) is 0 Å². The summed E-state index contributed by atoms with van der Waals surface area (Å²) in [4.78, 5) is 2.53. The lowest BCUT2D eigenvalue weighted by Crippen LogP contribution is -2.29. The SMILES string of the molecule is CC(CNC1CC1)c1ccc(CN(Cc2ccccc2)C(C)C)cc1. The molecule has 134 valence electrons. The van der Waals surface area contributed by atoms with Gasteiger partial charge in [-0.1, -0.05) is 61.5 Å². The third-order valence-corrected chi connectivity index (χ3v) is 5.18. The average molecular weight is 337 g/mol. The molecule has 25 heavy (non-hydrogen) atoms. The molecule has 1 N–H and O–H groups in total. The molecule has 0 saturated heterocycles. The van der Waals surface area contributed by atoms with Crippen molar-refractivity contribution in [3.05, 3.63) is 71.3 Å². The Morgan fingerprint density at radius 2 is 1.48 bits per heavy atom. The van der Waals surface area contributed by atoms with E-state index in [4.69, 9.17) is 0 Å². The Morgan fingerprint density at radius 1 is 0.880 bits per heavy atom. The summed E-state index contributed by atoms with van der Waals surface area (Å²) >= 11 is 0. The second kappa shape index (κ2) is 8.64. The highest BCUT2D eigenvalue weighted by Crippen LogP contribution is 2.22. The van der Waals surface area contributed by atoms with Crippen LogP contribution in [0.2, 0.25) is 0 Å². The van der Waals surface area contributed by atoms with Crippen LogP contribution in [0.1, 0.15) is 56.2 Å². The normalized spacial score (nSPS) is 15.7. The molecule has 1 aliphatic rings. The number of nitrogens with one attached hydrogen (secondary N) is 1. The molecule has 1 unspecified atom stereocenters. The summed E-state index contributed by atoms with van der Waals surface area (Å²) in [5.74, 6) is 0.583. The zero-order chi connectivity index (χ0) is 17.6. The van der Waals surface area contributed by atoms with Gasteiger partial charge in [-0.2, -0.15) is 0 Å². The van der Waals surface area contributed by atoms with Crippen molar-refractivity contribution in [1.29, 1.82) is 0 Å². The smallest absolute Gasteiger partial charge is 0.0239 e. The largest absolute Gasteiger partial charge is 0.313 e. The molecule has 2 heteroatoms. The molecule has 3 rings (SSSR count). The van der Waals surface area contributed by atoms with Gasteiger partial charge in [0.25, 0.3) is 0 Å². The lowest BCUT2D eigenvalue weighted by atomic mass is 9.99. The van der Waals surface area contributed by atoms with Crippen molar-refractivity contribution in [2.75, 3.05) is 6.54 Å². The van der Waals surface area contributed by atoms with Gasteiger partial charge in [0.15, 0.2) is 0 Å². The Balaban J connectivity index is 1.57. The van der Waals surface area contributed by atoms with E-state index in [0.29, 0.717) is 12.0 Å². The minimum absolute atomic E-state index is 0.529. The molecule has 0 heterocycles. The number of hydrogen-bond acceptors (Lipinski definition) is 2. The Bertz CT molecular complexity index is 629. The summed E-state index contributed by atoms with van der Waals surface area (Å²) in [5, 5.41) is 3.64. The van der Waals surface area contributed by atoms with Crippen LogP contribution in [0.3, 0.4) is 0 Å². The van der Waals surface area contributed by atoms with Crippen LogP contribution in [-0.2, 0) is 13.1 Å². The van der Waals surface area contributed by atoms with Crippen molar-refractivity contribution in [2.24, 2.45) is 0 Å². The van der Waals surface area contributed by atoms with Crippen LogP contribution in [-0.4, -0.2) is 23.5 Å². The highest BCUT2D eigenvalue weighted by molar-refractivity contribution is 5.25. The maximum atomic E-state index is 3.64. The summed E-state index contributed by atoms with van der Waals surface area (Å²) in [5.41, 5.74) is 4.22. The molecular weight excluding hydrogens is 304 g/mol. The lowest BCUT2D eigenvalue weighted by Gasteiger charge is -2.27. The van der Waals surface area contributed by atoms with Crippen LogP contribution in [0.5, 0.6) is 0 Å². The molecule has 0 bridgehead atoms. The summed E-state index contributed by atoms with van der Waals surface area (Å²) in [7, 11) is 0. The molecular formula is C23H32N2. The quantitative estimate of drug-likeness (QED) is 0.697. The highest BCUT2D eigenvalue weighted by Gasteiger charge is 2.21. The monoisotopic (exact) mass is 336 g/mol. The van der Waals surface area contributed by atoms with E-state index in [2.05, 4.69) is 85.6 Å². The first-order chi connectivity index (χ1) is 12.1. The van der Waals surface area contributed by atoms with Crippen molar-refractivity contribution < 1.29 is 0 Å². The van der Waals surface area contributed by atoms with E-state index in [9.17, 15) is 0 Å². The van der Waals surface area contributed by atoms with Gasteiger partial charge >= 0.3 is 0 Å². The molecule has 0 amide bonds. The number of hydrogen-bond donors (Lipinski definition) is 1. The number of nitrogens with zero attached hydrogens (tertiary/aromatic N) is 1. The maximum Gasteiger partial charge on any atom is 0.0239 e. The summed E-state index contributed by atoms with van der Waals surface area (Å²) < 4.78 is 0. The zero-order valence-electron chi connectivity index (χ0n) is 15.9. The summed E-state index contributed by atoms with van der Waals surface area (Å²) in [6.07, 6.45) is 2.72. The molecule has 0 radical (unpaired) electrons. The summed E-state index contributed by atoms with van der Waals surface area (Å²) in [6.45, 7) is 9.98. The predicted octanol–water partition coefficient (Wildman–Crippen LogP) is 4.95. The van der Waals surface area contributed by atoms with Gasteiger partial charge in [-0.05, 0) is 49.3 Å². The van der Waals surface area contributed by atoms with Gasteiger partial charge in [0, 0.05) is 31.7 Å². The van der Waals surface area contributed by atoms with E-state index in [1.54, 1.807) is 0 Å². The van der Waals surface area contributed by atoms with Gasteiger partial charge in [-0.15, -0.1) is 0 Å². The fraction of sp³-hybridized carbons (Fsp3) is 0.478. The van der Waals surface area contributed by atoms with Crippen LogP contribution in [0, 0.1) is 0 Å². The maximum absolute atomic E-state index is 3.64. The number of rotatable bonds is 9.